The third kappa shape index (κ3) is 1.82. The molecule has 0 saturated heterocycles. The molecular weight excluding hydrogens is 178 g/mol. The zero-order valence-electron chi connectivity index (χ0n) is 6.27. The average Bonchev–Trinajstić information content (AvgIpc) is 2.53. The highest BCUT2D eigenvalue weighted by molar-refractivity contribution is 7.10. The molecule has 0 aliphatic carbocycles. The highest BCUT2D eigenvalue weighted by Gasteiger charge is 2.21. The maximum Gasteiger partial charge on any atom is 0.156 e. The largest absolute Gasteiger partial charge is 0.544 e. The lowest BCUT2D eigenvalue weighted by Gasteiger charge is -2.14. The SMILES string of the molecule is [NH3+][C@@H](C(=O)[O-])[C@H](O)c1cccs1. The topological polar surface area (TPSA) is 88.0 Å². The zero-order chi connectivity index (χ0) is 9.14. The van der Waals surface area contributed by atoms with E-state index < -0.39 is 18.1 Å². The van der Waals surface area contributed by atoms with Gasteiger partial charge in [-0.25, -0.2) is 0 Å². The Labute approximate surface area is 73.3 Å². The van der Waals surface area contributed by atoms with Gasteiger partial charge in [-0.15, -0.1) is 11.3 Å². The van der Waals surface area contributed by atoms with Crippen molar-refractivity contribution in [3.63, 3.8) is 0 Å². The molecule has 4 N–H and O–H groups in total. The summed E-state index contributed by atoms with van der Waals surface area (Å²) in [5.41, 5.74) is 3.29. The number of aliphatic hydroxyl groups excluding tert-OH is 1. The summed E-state index contributed by atoms with van der Waals surface area (Å²) in [5.74, 6) is -1.34. The molecule has 1 aromatic rings. The van der Waals surface area contributed by atoms with Crippen molar-refractivity contribution in [3.05, 3.63) is 22.4 Å². The quantitative estimate of drug-likeness (QED) is 0.581. The van der Waals surface area contributed by atoms with E-state index in [4.69, 9.17) is 0 Å². The van der Waals surface area contributed by atoms with Crippen molar-refractivity contribution in [1.29, 1.82) is 0 Å². The van der Waals surface area contributed by atoms with Crippen LogP contribution in [0, 0.1) is 0 Å². The number of carboxylic acid groups (broad SMARTS) is 1. The second-order valence-electron chi connectivity index (χ2n) is 2.39. The molecule has 0 aliphatic rings. The lowest BCUT2D eigenvalue weighted by molar-refractivity contribution is -0.452. The van der Waals surface area contributed by atoms with Crippen LogP contribution in [0.5, 0.6) is 0 Å². The third-order valence-corrected chi connectivity index (χ3v) is 2.46. The van der Waals surface area contributed by atoms with Crippen LogP contribution >= 0.6 is 11.3 Å². The van der Waals surface area contributed by atoms with Crippen LogP contribution in [0.3, 0.4) is 0 Å². The first kappa shape index (κ1) is 9.18. The summed E-state index contributed by atoms with van der Waals surface area (Å²) in [6, 6.07) is 2.30. The van der Waals surface area contributed by atoms with Gasteiger partial charge in [-0.2, -0.15) is 0 Å². The molecule has 0 aromatic carbocycles. The highest BCUT2D eigenvalue weighted by atomic mass is 32.1. The molecule has 4 nitrogen and oxygen atoms in total. The molecular formula is C7H9NO3S. The minimum Gasteiger partial charge on any atom is -0.544 e. The van der Waals surface area contributed by atoms with E-state index >= 15 is 0 Å². The summed E-state index contributed by atoms with van der Waals surface area (Å²) < 4.78 is 0. The van der Waals surface area contributed by atoms with Crippen LogP contribution in [0.15, 0.2) is 17.5 Å². The maximum atomic E-state index is 10.3. The number of hydrogen-bond acceptors (Lipinski definition) is 4. The van der Waals surface area contributed by atoms with Gasteiger partial charge in [0.15, 0.2) is 6.04 Å². The number of aliphatic hydroxyl groups is 1. The summed E-state index contributed by atoms with van der Waals surface area (Å²) in [4.78, 5) is 10.9. The summed E-state index contributed by atoms with van der Waals surface area (Å²) >= 11 is 1.30. The molecule has 0 radical (unpaired) electrons. The van der Waals surface area contributed by atoms with Gasteiger partial charge in [0, 0.05) is 4.88 Å². The van der Waals surface area contributed by atoms with E-state index in [1.54, 1.807) is 17.5 Å². The molecule has 0 spiro atoms. The molecule has 2 atom stereocenters. The second-order valence-corrected chi connectivity index (χ2v) is 3.37. The summed E-state index contributed by atoms with van der Waals surface area (Å²) in [5, 5.41) is 21.4. The fourth-order valence-electron chi connectivity index (χ4n) is 0.787. The number of carboxylic acids is 1. The van der Waals surface area contributed by atoms with E-state index in [0.717, 1.165) is 0 Å². The lowest BCUT2D eigenvalue weighted by Crippen LogP contribution is -2.70. The number of aliphatic carboxylic acids is 1. The molecule has 0 bridgehead atoms. The number of thiophene rings is 1. The van der Waals surface area contributed by atoms with Gasteiger partial charge in [0.2, 0.25) is 0 Å². The van der Waals surface area contributed by atoms with Crippen LogP contribution in [0.4, 0.5) is 0 Å². The number of hydrogen-bond donors (Lipinski definition) is 2. The predicted octanol–water partition coefficient (Wildman–Crippen LogP) is -1.86. The smallest absolute Gasteiger partial charge is 0.156 e. The van der Waals surface area contributed by atoms with Gasteiger partial charge in [0.25, 0.3) is 0 Å². The Bertz CT molecular complexity index is 260. The van der Waals surface area contributed by atoms with E-state index in [1.165, 1.54) is 11.3 Å². The molecule has 0 unspecified atom stereocenters. The first-order chi connectivity index (χ1) is 5.63. The number of rotatable bonds is 3. The maximum absolute atomic E-state index is 10.3. The minimum atomic E-state index is -1.34. The Kier molecular flexibility index (Phi) is 2.80. The third-order valence-electron chi connectivity index (χ3n) is 1.52. The van der Waals surface area contributed by atoms with Gasteiger partial charge in [-0.05, 0) is 11.4 Å². The minimum absolute atomic E-state index is 0.596. The molecule has 5 heteroatoms. The molecule has 66 valence electrons. The van der Waals surface area contributed by atoms with Gasteiger partial charge in [0.1, 0.15) is 12.1 Å². The molecule has 12 heavy (non-hydrogen) atoms. The van der Waals surface area contributed by atoms with E-state index in [1.807, 2.05) is 0 Å². The lowest BCUT2D eigenvalue weighted by atomic mass is 10.1. The normalized spacial score (nSPS) is 15.5. The van der Waals surface area contributed by atoms with Crippen LogP contribution in [-0.2, 0) is 4.79 Å². The van der Waals surface area contributed by atoms with Crippen molar-refractivity contribution >= 4 is 17.3 Å². The number of quaternary nitrogens is 1. The van der Waals surface area contributed by atoms with E-state index in [0.29, 0.717) is 4.88 Å². The van der Waals surface area contributed by atoms with Gasteiger partial charge in [-0.1, -0.05) is 6.07 Å². The molecule has 1 heterocycles. The summed E-state index contributed by atoms with van der Waals surface area (Å²) in [6.45, 7) is 0. The van der Waals surface area contributed by atoms with Crippen molar-refractivity contribution < 1.29 is 20.7 Å². The highest BCUT2D eigenvalue weighted by Crippen LogP contribution is 2.19. The Hall–Kier alpha value is -0.910. The van der Waals surface area contributed by atoms with Crippen molar-refractivity contribution in [3.8, 4) is 0 Å². The van der Waals surface area contributed by atoms with E-state index in [9.17, 15) is 15.0 Å². The predicted molar refractivity (Wildman–Crippen MR) is 41.0 cm³/mol. The van der Waals surface area contributed by atoms with Crippen LogP contribution in [0.1, 0.15) is 11.0 Å². The molecule has 0 aliphatic heterocycles. The zero-order valence-corrected chi connectivity index (χ0v) is 7.08. The Morgan fingerprint density at radius 1 is 1.75 bits per heavy atom. The van der Waals surface area contributed by atoms with Crippen molar-refractivity contribution in [2.75, 3.05) is 0 Å². The van der Waals surface area contributed by atoms with Gasteiger partial charge < -0.3 is 20.7 Å². The van der Waals surface area contributed by atoms with Gasteiger partial charge in [-0.3, -0.25) is 0 Å². The summed E-state index contributed by atoms with van der Waals surface area (Å²) in [7, 11) is 0. The van der Waals surface area contributed by atoms with E-state index in [-0.39, 0.29) is 0 Å². The summed E-state index contributed by atoms with van der Waals surface area (Å²) in [6.07, 6.45) is -1.06. The van der Waals surface area contributed by atoms with Crippen LogP contribution in [-0.4, -0.2) is 17.1 Å². The molecule has 1 aromatic heterocycles. The fraction of sp³-hybridized carbons (Fsp3) is 0.286. The average molecular weight is 187 g/mol. The molecule has 0 saturated carbocycles. The monoisotopic (exact) mass is 187 g/mol. The van der Waals surface area contributed by atoms with Crippen molar-refractivity contribution in [2.24, 2.45) is 0 Å². The Morgan fingerprint density at radius 2 is 2.42 bits per heavy atom. The number of carbonyl (C=O) groups is 1. The van der Waals surface area contributed by atoms with Crippen LogP contribution in [0.2, 0.25) is 0 Å². The Balaban J connectivity index is 2.71. The molecule has 1 rings (SSSR count). The second kappa shape index (κ2) is 3.66. The molecule has 0 amide bonds. The van der Waals surface area contributed by atoms with E-state index in [2.05, 4.69) is 5.73 Å². The Morgan fingerprint density at radius 3 is 2.83 bits per heavy atom. The first-order valence-corrected chi connectivity index (χ1v) is 4.26. The van der Waals surface area contributed by atoms with Crippen molar-refractivity contribution in [2.45, 2.75) is 12.1 Å². The first-order valence-electron chi connectivity index (χ1n) is 3.38. The number of carbonyl (C=O) groups excluding carboxylic acids is 1. The van der Waals surface area contributed by atoms with Crippen LogP contribution < -0.4 is 10.8 Å². The standard InChI is InChI=1S/C7H9NO3S/c8-5(7(10)11)6(9)4-2-1-3-12-4/h1-3,5-6,9H,8H2,(H,10,11)/t5-,6-/m1/s1. The fourth-order valence-corrected chi connectivity index (χ4v) is 1.56. The molecule has 0 fully saturated rings. The van der Waals surface area contributed by atoms with Gasteiger partial charge >= 0.3 is 0 Å². The van der Waals surface area contributed by atoms with Crippen LogP contribution in [0.25, 0.3) is 0 Å². The van der Waals surface area contributed by atoms with Crippen molar-refractivity contribution in [1.82, 2.24) is 0 Å². The van der Waals surface area contributed by atoms with Gasteiger partial charge in [0.05, 0.1) is 0 Å².